The van der Waals surface area contributed by atoms with E-state index in [9.17, 15) is 13.5 Å². The summed E-state index contributed by atoms with van der Waals surface area (Å²) in [6.45, 7) is 0.0415. The second kappa shape index (κ2) is 8.99. The molecule has 0 fully saturated rings. The summed E-state index contributed by atoms with van der Waals surface area (Å²) in [6.07, 6.45) is 0. The van der Waals surface area contributed by atoms with Crippen molar-refractivity contribution in [1.29, 1.82) is 0 Å². The molecule has 0 spiro atoms. The standard InChI is InChI=1S/C18H19ClN2O3S/c19-17-13-15(7-4-10-20)8-9-18(17)25(23,24)21(11-12-22)14-16-5-2-1-3-6-16/h1-3,5-6,8-9,13,22H,10-12,14,20H2. The van der Waals surface area contributed by atoms with E-state index >= 15 is 0 Å². The van der Waals surface area contributed by atoms with Gasteiger partial charge in [0.2, 0.25) is 10.0 Å². The Morgan fingerprint density at radius 1 is 1.16 bits per heavy atom. The van der Waals surface area contributed by atoms with Crippen molar-refractivity contribution in [2.45, 2.75) is 11.4 Å². The normalized spacial score (nSPS) is 11.2. The maximum atomic E-state index is 12.9. The van der Waals surface area contributed by atoms with Gasteiger partial charge in [-0.15, -0.1) is 0 Å². The molecule has 25 heavy (non-hydrogen) atoms. The van der Waals surface area contributed by atoms with Gasteiger partial charge in [0.25, 0.3) is 0 Å². The minimum Gasteiger partial charge on any atom is -0.395 e. The quantitative estimate of drug-likeness (QED) is 0.751. The molecular weight excluding hydrogens is 360 g/mol. The molecule has 0 saturated carbocycles. The van der Waals surface area contributed by atoms with Crippen LogP contribution in [0.5, 0.6) is 0 Å². The third-order valence-electron chi connectivity index (χ3n) is 3.44. The van der Waals surface area contributed by atoms with Gasteiger partial charge in [-0.1, -0.05) is 53.8 Å². The third-order valence-corrected chi connectivity index (χ3v) is 5.76. The first kappa shape index (κ1) is 19.4. The molecule has 0 atom stereocenters. The Bertz CT molecular complexity index is 874. The van der Waals surface area contributed by atoms with Crippen LogP contribution in [-0.2, 0) is 16.6 Å². The Morgan fingerprint density at radius 2 is 1.88 bits per heavy atom. The van der Waals surface area contributed by atoms with E-state index < -0.39 is 10.0 Å². The van der Waals surface area contributed by atoms with Crippen molar-refractivity contribution in [1.82, 2.24) is 4.31 Å². The first-order valence-electron chi connectivity index (χ1n) is 7.62. The maximum absolute atomic E-state index is 12.9. The van der Waals surface area contributed by atoms with Gasteiger partial charge >= 0.3 is 0 Å². The van der Waals surface area contributed by atoms with Crippen LogP contribution in [0, 0.1) is 11.8 Å². The molecule has 2 aromatic carbocycles. The summed E-state index contributed by atoms with van der Waals surface area (Å²) in [7, 11) is -3.86. The monoisotopic (exact) mass is 378 g/mol. The Balaban J connectivity index is 2.36. The molecule has 7 heteroatoms. The summed E-state index contributed by atoms with van der Waals surface area (Å²) in [5, 5.41) is 9.35. The highest BCUT2D eigenvalue weighted by Crippen LogP contribution is 2.26. The van der Waals surface area contributed by atoms with Gasteiger partial charge in [0.05, 0.1) is 18.2 Å². The number of hydrogen-bond acceptors (Lipinski definition) is 4. The highest BCUT2D eigenvalue weighted by Gasteiger charge is 2.26. The van der Waals surface area contributed by atoms with Crippen LogP contribution in [-0.4, -0.2) is 37.5 Å². The molecule has 0 bridgehead atoms. The van der Waals surface area contributed by atoms with Crippen LogP contribution in [0.1, 0.15) is 11.1 Å². The summed E-state index contributed by atoms with van der Waals surface area (Å²) < 4.78 is 27.1. The fraction of sp³-hybridized carbons (Fsp3) is 0.222. The van der Waals surface area contributed by atoms with E-state index in [0.717, 1.165) is 5.56 Å². The molecular formula is C18H19ClN2O3S. The largest absolute Gasteiger partial charge is 0.395 e. The number of aliphatic hydroxyl groups is 1. The number of nitrogens with two attached hydrogens (primary N) is 1. The molecule has 0 saturated heterocycles. The molecule has 0 unspecified atom stereocenters. The molecule has 0 radical (unpaired) electrons. The van der Waals surface area contributed by atoms with Gasteiger partial charge in [0.15, 0.2) is 0 Å². The van der Waals surface area contributed by atoms with Crippen molar-refractivity contribution in [3.63, 3.8) is 0 Å². The number of aliphatic hydroxyl groups excluding tert-OH is 1. The van der Waals surface area contributed by atoms with Gasteiger partial charge in [0, 0.05) is 18.7 Å². The summed E-state index contributed by atoms with van der Waals surface area (Å²) in [4.78, 5) is -0.0168. The van der Waals surface area contributed by atoms with E-state index in [1.165, 1.54) is 16.4 Å². The van der Waals surface area contributed by atoms with Crippen LogP contribution in [0.4, 0.5) is 0 Å². The summed E-state index contributed by atoms with van der Waals surface area (Å²) in [6, 6.07) is 13.7. The molecule has 2 aromatic rings. The van der Waals surface area contributed by atoms with Crippen LogP contribution >= 0.6 is 11.6 Å². The maximum Gasteiger partial charge on any atom is 0.244 e. The predicted molar refractivity (Wildman–Crippen MR) is 98.5 cm³/mol. The molecule has 3 N–H and O–H groups in total. The second-order valence-electron chi connectivity index (χ2n) is 5.20. The number of nitrogens with zero attached hydrogens (tertiary/aromatic N) is 1. The van der Waals surface area contributed by atoms with Crippen molar-refractivity contribution in [2.24, 2.45) is 5.73 Å². The van der Waals surface area contributed by atoms with Crippen molar-refractivity contribution in [3.05, 3.63) is 64.7 Å². The average Bonchev–Trinajstić information content (AvgIpc) is 2.60. The van der Waals surface area contributed by atoms with Gasteiger partial charge in [0.1, 0.15) is 4.90 Å². The minimum atomic E-state index is -3.86. The predicted octanol–water partition coefficient (Wildman–Crippen LogP) is 1.83. The Morgan fingerprint density at radius 3 is 2.48 bits per heavy atom. The van der Waals surface area contributed by atoms with E-state index in [1.807, 2.05) is 30.3 Å². The molecule has 2 rings (SSSR count). The van der Waals surface area contributed by atoms with E-state index in [-0.39, 0.29) is 36.2 Å². The van der Waals surface area contributed by atoms with Gasteiger partial charge < -0.3 is 10.8 Å². The van der Waals surface area contributed by atoms with E-state index in [2.05, 4.69) is 11.8 Å². The minimum absolute atomic E-state index is 0.0168. The lowest BCUT2D eigenvalue weighted by Crippen LogP contribution is -2.33. The smallest absolute Gasteiger partial charge is 0.244 e. The highest BCUT2D eigenvalue weighted by molar-refractivity contribution is 7.89. The van der Waals surface area contributed by atoms with E-state index in [4.69, 9.17) is 17.3 Å². The lowest BCUT2D eigenvalue weighted by Gasteiger charge is -2.22. The third kappa shape index (κ3) is 5.05. The summed E-state index contributed by atoms with van der Waals surface area (Å²) in [5.74, 6) is 5.50. The van der Waals surface area contributed by atoms with Crippen LogP contribution in [0.15, 0.2) is 53.4 Å². The van der Waals surface area contributed by atoms with Gasteiger partial charge in [-0.3, -0.25) is 0 Å². The van der Waals surface area contributed by atoms with Crippen LogP contribution < -0.4 is 5.73 Å². The fourth-order valence-electron chi connectivity index (χ4n) is 2.26. The first-order valence-corrected chi connectivity index (χ1v) is 9.44. The number of hydrogen-bond donors (Lipinski definition) is 2. The van der Waals surface area contributed by atoms with Crippen LogP contribution in [0.2, 0.25) is 5.02 Å². The van der Waals surface area contributed by atoms with E-state index in [0.29, 0.717) is 5.56 Å². The molecule has 0 amide bonds. The second-order valence-corrected chi connectivity index (χ2v) is 7.51. The summed E-state index contributed by atoms with van der Waals surface area (Å²) >= 11 is 6.17. The topological polar surface area (TPSA) is 83.6 Å². The average molecular weight is 379 g/mol. The Hall–Kier alpha value is -1.88. The molecule has 0 aliphatic carbocycles. The zero-order valence-electron chi connectivity index (χ0n) is 13.5. The van der Waals surface area contributed by atoms with Crippen LogP contribution in [0.3, 0.4) is 0 Å². The molecule has 5 nitrogen and oxygen atoms in total. The van der Waals surface area contributed by atoms with Crippen molar-refractivity contribution in [3.8, 4) is 11.8 Å². The fourth-order valence-corrected chi connectivity index (χ4v) is 4.20. The number of sulfonamides is 1. The van der Waals surface area contributed by atoms with Crippen molar-refractivity contribution >= 4 is 21.6 Å². The molecule has 0 aliphatic heterocycles. The van der Waals surface area contributed by atoms with Gasteiger partial charge in [-0.05, 0) is 23.8 Å². The van der Waals surface area contributed by atoms with Crippen molar-refractivity contribution in [2.75, 3.05) is 19.7 Å². The highest BCUT2D eigenvalue weighted by atomic mass is 35.5. The van der Waals surface area contributed by atoms with E-state index in [1.54, 1.807) is 6.07 Å². The lowest BCUT2D eigenvalue weighted by atomic mass is 10.2. The lowest BCUT2D eigenvalue weighted by molar-refractivity contribution is 0.251. The number of rotatable bonds is 6. The SMILES string of the molecule is NCC#Cc1ccc(S(=O)(=O)N(CCO)Cc2ccccc2)c(Cl)c1. The Kier molecular flexibility index (Phi) is 7.00. The molecule has 132 valence electrons. The molecule has 0 aromatic heterocycles. The molecule has 0 aliphatic rings. The zero-order valence-corrected chi connectivity index (χ0v) is 15.1. The first-order chi connectivity index (χ1) is 12.0. The number of benzene rings is 2. The number of halogens is 1. The molecule has 0 heterocycles. The van der Waals surface area contributed by atoms with Gasteiger partial charge in [-0.25, -0.2) is 8.42 Å². The van der Waals surface area contributed by atoms with Crippen LogP contribution in [0.25, 0.3) is 0 Å². The zero-order chi connectivity index (χ0) is 18.3. The Labute approximate surface area is 153 Å². The van der Waals surface area contributed by atoms with Gasteiger partial charge in [-0.2, -0.15) is 4.31 Å². The summed E-state index contributed by atoms with van der Waals surface area (Å²) in [5.41, 5.74) is 6.74. The van der Waals surface area contributed by atoms with Crippen molar-refractivity contribution < 1.29 is 13.5 Å².